The highest BCUT2D eigenvalue weighted by Gasteiger charge is 2.35. The summed E-state index contributed by atoms with van der Waals surface area (Å²) in [6, 6.07) is 42.2. The Hall–Kier alpha value is -5.55. The second-order valence-electron chi connectivity index (χ2n) is 12.4. The van der Waals surface area contributed by atoms with Crippen molar-refractivity contribution in [1.82, 2.24) is 19.1 Å². The molecular formula is C40H32N4O. The van der Waals surface area contributed by atoms with Crippen LogP contribution in [0.25, 0.3) is 67.2 Å². The van der Waals surface area contributed by atoms with Gasteiger partial charge in [0.2, 0.25) is 0 Å². The van der Waals surface area contributed by atoms with Gasteiger partial charge in [0.05, 0.1) is 22.4 Å². The molecule has 0 radical (unpaired) electrons. The predicted molar refractivity (Wildman–Crippen MR) is 183 cm³/mol. The zero-order chi connectivity index (χ0) is 30.9. The molecule has 5 nitrogen and oxygen atoms in total. The van der Waals surface area contributed by atoms with Crippen LogP contribution < -0.4 is 5.69 Å². The number of aromatic nitrogens is 4. The van der Waals surface area contributed by atoms with Crippen molar-refractivity contribution in [3.8, 4) is 56.2 Å². The van der Waals surface area contributed by atoms with Gasteiger partial charge in [-0.1, -0.05) is 117 Å². The average molecular weight is 585 g/mol. The second-order valence-corrected chi connectivity index (χ2v) is 12.4. The number of rotatable bonds is 4. The number of hydrogen-bond acceptors (Lipinski definition) is 3. The van der Waals surface area contributed by atoms with Crippen LogP contribution in [0.5, 0.6) is 0 Å². The Morgan fingerprint density at radius 1 is 0.533 bits per heavy atom. The van der Waals surface area contributed by atoms with Crippen LogP contribution in [0.15, 0.2) is 126 Å². The van der Waals surface area contributed by atoms with Crippen LogP contribution in [0.4, 0.5) is 0 Å². The lowest BCUT2D eigenvalue weighted by atomic mass is 9.82. The van der Waals surface area contributed by atoms with Gasteiger partial charge in [-0.05, 0) is 46.0 Å². The van der Waals surface area contributed by atoms with Crippen LogP contribution in [0, 0.1) is 0 Å². The van der Waals surface area contributed by atoms with Crippen molar-refractivity contribution in [2.45, 2.75) is 19.3 Å². The molecule has 0 unspecified atom stereocenters. The molecule has 0 atom stereocenters. The minimum absolute atomic E-state index is 0.0327. The van der Waals surface area contributed by atoms with Crippen molar-refractivity contribution in [2.24, 2.45) is 14.1 Å². The summed E-state index contributed by atoms with van der Waals surface area (Å²) in [5.74, 6) is 0.699. The van der Waals surface area contributed by atoms with Gasteiger partial charge in [-0.3, -0.25) is 9.13 Å². The first-order valence-corrected chi connectivity index (χ1v) is 15.3. The van der Waals surface area contributed by atoms with E-state index in [1.165, 1.54) is 22.3 Å². The van der Waals surface area contributed by atoms with Gasteiger partial charge in [0.1, 0.15) is 0 Å². The molecule has 45 heavy (non-hydrogen) atoms. The first kappa shape index (κ1) is 27.0. The number of aryl methyl sites for hydroxylation is 2. The van der Waals surface area contributed by atoms with Crippen molar-refractivity contribution < 1.29 is 0 Å². The number of para-hydroxylation sites is 1. The van der Waals surface area contributed by atoms with E-state index in [4.69, 9.17) is 9.97 Å². The van der Waals surface area contributed by atoms with Gasteiger partial charge in [0, 0.05) is 41.8 Å². The molecule has 0 bridgehead atoms. The first-order chi connectivity index (χ1) is 21.8. The lowest BCUT2D eigenvalue weighted by Gasteiger charge is -2.21. The molecule has 5 heteroatoms. The monoisotopic (exact) mass is 584 g/mol. The van der Waals surface area contributed by atoms with Crippen molar-refractivity contribution in [3.63, 3.8) is 0 Å². The van der Waals surface area contributed by atoms with Gasteiger partial charge in [-0.25, -0.2) is 14.8 Å². The van der Waals surface area contributed by atoms with Crippen LogP contribution >= 0.6 is 0 Å². The Bertz CT molecular complexity index is 2330. The van der Waals surface area contributed by atoms with Gasteiger partial charge in [0.25, 0.3) is 0 Å². The van der Waals surface area contributed by atoms with E-state index >= 15 is 0 Å². The highest BCUT2D eigenvalue weighted by molar-refractivity contribution is 5.93. The smallest absolute Gasteiger partial charge is 0.295 e. The normalized spacial score (nSPS) is 13.2. The van der Waals surface area contributed by atoms with Crippen LogP contribution in [0.3, 0.4) is 0 Å². The standard InChI is InChI=1S/C40H32N4O/c1-40(2)32-15-9-8-13-30(32)31-23-28(21-22-33(31)40)38-41-34(26-11-6-5-7-12-26)24-35(42-38)27-19-17-25(18-20-27)29-14-10-16-36-37(29)44(4)39(45)43(36)3/h5-24H,1-4H3. The summed E-state index contributed by atoms with van der Waals surface area (Å²) in [7, 11) is 3.64. The van der Waals surface area contributed by atoms with E-state index in [1.807, 2.05) is 44.4 Å². The van der Waals surface area contributed by atoms with Crippen molar-refractivity contribution >= 4 is 11.0 Å². The van der Waals surface area contributed by atoms with Crippen LogP contribution in [0.2, 0.25) is 0 Å². The molecule has 0 saturated heterocycles. The van der Waals surface area contributed by atoms with E-state index < -0.39 is 0 Å². The van der Waals surface area contributed by atoms with E-state index in [9.17, 15) is 4.79 Å². The minimum Gasteiger partial charge on any atom is -0.295 e. The van der Waals surface area contributed by atoms with E-state index in [0.717, 1.165) is 50.2 Å². The van der Waals surface area contributed by atoms with Crippen molar-refractivity contribution in [2.75, 3.05) is 0 Å². The quantitative estimate of drug-likeness (QED) is 0.208. The lowest BCUT2D eigenvalue weighted by Crippen LogP contribution is -2.19. The molecule has 2 aromatic heterocycles. The Morgan fingerprint density at radius 3 is 1.89 bits per heavy atom. The molecule has 2 heterocycles. The van der Waals surface area contributed by atoms with E-state index in [1.54, 1.807) is 9.13 Å². The summed E-state index contributed by atoms with van der Waals surface area (Å²) < 4.78 is 3.41. The summed E-state index contributed by atoms with van der Waals surface area (Å²) in [6.07, 6.45) is 0. The molecule has 0 saturated carbocycles. The zero-order valence-electron chi connectivity index (χ0n) is 25.7. The highest BCUT2D eigenvalue weighted by atomic mass is 16.1. The van der Waals surface area contributed by atoms with Crippen LogP contribution in [-0.2, 0) is 19.5 Å². The Balaban J connectivity index is 1.25. The number of hydrogen-bond donors (Lipinski definition) is 0. The predicted octanol–water partition coefficient (Wildman–Crippen LogP) is 8.64. The number of imidazole rings is 1. The number of nitrogens with zero attached hydrogens (tertiary/aromatic N) is 4. The third-order valence-electron chi connectivity index (χ3n) is 9.41. The SMILES string of the molecule is Cn1c(=O)n(C)c2c(-c3ccc(-c4cc(-c5ccccc5)nc(-c5ccc6c(c5)-c5ccccc5C6(C)C)n4)cc3)cccc21. The average Bonchev–Trinajstić information content (AvgIpc) is 3.46. The minimum atomic E-state index is -0.0551. The third-order valence-corrected chi connectivity index (χ3v) is 9.41. The van der Waals surface area contributed by atoms with E-state index in [-0.39, 0.29) is 11.1 Å². The fraction of sp³-hybridized carbons (Fsp3) is 0.125. The Labute approximate surface area is 262 Å². The molecule has 0 amide bonds. The third kappa shape index (κ3) is 4.19. The highest BCUT2D eigenvalue weighted by Crippen LogP contribution is 2.49. The summed E-state index contributed by atoms with van der Waals surface area (Å²) >= 11 is 0. The summed E-state index contributed by atoms with van der Waals surface area (Å²) in [6.45, 7) is 4.59. The first-order valence-electron chi connectivity index (χ1n) is 15.3. The van der Waals surface area contributed by atoms with Gasteiger partial charge in [0.15, 0.2) is 5.82 Å². The molecule has 1 aliphatic rings. The topological polar surface area (TPSA) is 52.7 Å². The van der Waals surface area contributed by atoms with Gasteiger partial charge >= 0.3 is 5.69 Å². The maximum absolute atomic E-state index is 12.7. The maximum atomic E-state index is 12.7. The molecule has 0 N–H and O–H groups in total. The second kappa shape index (κ2) is 10.00. The number of fused-ring (bicyclic) bond motifs is 4. The molecule has 1 aliphatic carbocycles. The molecule has 5 aromatic carbocycles. The molecule has 8 rings (SSSR count). The lowest BCUT2D eigenvalue weighted by molar-refractivity contribution is 0.660. The van der Waals surface area contributed by atoms with Crippen LogP contribution in [-0.4, -0.2) is 19.1 Å². The molecule has 0 aliphatic heterocycles. The van der Waals surface area contributed by atoms with Gasteiger partial charge < -0.3 is 0 Å². The fourth-order valence-electron chi connectivity index (χ4n) is 6.97. The van der Waals surface area contributed by atoms with Crippen molar-refractivity contribution in [3.05, 3.63) is 143 Å². The summed E-state index contributed by atoms with van der Waals surface area (Å²) in [5.41, 5.74) is 13.8. The largest absolute Gasteiger partial charge is 0.328 e. The molecule has 218 valence electrons. The Kier molecular flexibility index (Phi) is 6.00. The Morgan fingerprint density at radius 2 is 1.13 bits per heavy atom. The molecular weight excluding hydrogens is 552 g/mol. The zero-order valence-corrected chi connectivity index (χ0v) is 25.7. The maximum Gasteiger partial charge on any atom is 0.328 e. The van der Waals surface area contributed by atoms with Gasteiger partial charge in [-0.15, -0.1) is 0 Å². The van der Waals surface area contributed by atoms with Gasteiger partial charge in [-0.2, -0.15) is 0 Å². The molecule has 7 aromatic rings. The van der Waals surface area contributed by atoms with E-state index in [2.05, 4.69) is 105 Å². The summed E-state index contributed by atoms with van der Waals surface area (Å²) in [5, 5.41) is 0. The molecule has 0 fully saturated rings. The van der Waals surface area contributed by atoms with Crippen LogP contribution in [0.1, 0.15) is 25.0 Å². The fourth-order valence-corrected chi connectivity index (χ4v) is 6.97. The van der Waals surface area contributed by atoms with Crippen molar-refractivity contribution in [1.29, 1.82) is 0 Å². The molecule has 0 spiro atoms. The number of benzene rings is 5. The summed E-state index contributed by atoms with van der Waals surface area (Å²) in [4.78, 5) is 22.9. The van der Waals surface area contributed by atoms with E-state index in [0.29, 0.717) is 5.82 Å².